The van der Waals surface area contributed by atoms with Crippen LogP contribution >= 0.6 is 0 Å². The smallest absolute Gasteiger partial charge is 0.159 e. The highest BCUT2D eigenvalue weighted by Gasteiger charge is 2.53. The number of allylic oxidation sites excluding steroid dienone is 8. The molecule has 5 aliphatic rings. The Hall–Kier alpha value is -10.1. The molecule has 0 amide bonds. The maximum atomic E-state index is 6.85. The minimum Gasteiger partial charge on any atom is -0.456 e. The number of aliphatic imine (C=N–C) groups is 2. The number of furan rings is 1. The standard InChI is InChI=1S/C76H52N4O/c1-4-20-47(21-5-1)52-43-53(48-22-6-2-7-23-48)45-54(44-52)50-26-18-27-51(42-50)74-77-73(49-24-8-3-9-25-49)78-75(79-74)61-32-19-37-69-70(61)62-46-55(38-41-68(62)81-69)80-67-36-17-13-30-58(67)59-39-40-66-71(72(59)80)60-31-12-16-35-65(60)76(66)63-33-14-10-28-56(63)57-29-11-15-34-64(57)76/h1,3-6,8-10,12-28,30-46,75H,2,7,11,29H2,(H,77,78,79). The number of hydrogen-bond donors (Lipinski definition) is 1. The number of fused-ring (bicyclic) bond motifs is 16. The number of rotatable bonds is 7. The fourth-order valence-corrected chi connectivity index (χ4v) is 14.3. The fraction of sp³-hybridized carbons (Fsp3) is 0.0789. The van der Waals surface area contributed by atoms with Crippen LogP contribution in [-0.2, 0) is 5.41 Å². The van der Waals surface area contributed by atoms with E-state index in [0.717, 1.165) is 92.5 Å². The number of nitrogens with one attached hydrogen (secondary N) is 1. The fourth-order valence-electron chi connectivity index (χ4n) is 14.3. The number of aromatic nitrogens is 1. The van der Waals surface area contributed by atoms with Crippen molar-refractivity contribution in [2.75, 3.05) is 0 Å². The van der Waals surface area contributed by atoms with Crippen molar-refractivity contribution in [2.45, 2.75) is 37.3 Å². The molecule has 5 heteroatoms. The summed E-state index contributed by atoms with van der Waals surface area (Å²) in [5, 5.41) is 8.40. The first-order chi connectivity index (χ1) is 40.2. The van der Waals surface area contributed by atoms with Gasteiger partial charge in [-0.1, -0.05) is 200 Å². The van der Waals surface area contributed by atoms with Crippen LogP contribution in [0, 0.1) is 0 Å². The van der Waals surface area contributed by atoms with E-state index >= 15 is 0 Å². The zero-order chi connectivity index (χ0) is 53.2. The van der Waals surface area contributed by atoms with Crippen LogP contribution in [-0.4, -0.2) is 16.2 Å². The van der Waals surface area contributed by atoms with E-state index in [-0.39, 0.29) is 0 Å². The lowest BCUT2D eigenvalue weighted by Crippen LogP contribution is -2.33. The number of nitrogens with zero attached hydrogens (tertiary/aromatic N) is 3. The number of amidine groups is 2. The zero-order valence-corrected chi connectivity index (χ0v) is 44.4. The van der Waals surface area contributed by atoms with Crippen molar-refractivity contribution in [3.63, 3.8) is 0 Å². The molecule has 0 saturated carbocycles. The van der Waals surface area contributed by atoms with Crippen molar-refractivity contribution >= 4 is 66.6 Å². The van der Waals surface area contributed by atoms with Crippen LogP contribution in [0.15, 0.2) is 275 Å². The summed E-state index contributed by atoms with van der Waals surface area (Å²) in [5.41, 5.74) is 25.7. The summed E-state index contributed by atoms with van der Waals surface area (Å²) < 4.78 is 9.37. The lowest BCUT2D eigenvalue weighted by Gasteiger charge is -2.32. The largest absolute Gasteiger partial charge is 0.456 e. The van der Waals surface area contributed by atoms with Gasteiger partial charge < -0.3 is 14.3 Å². The monoisotopic (exact) mass is 1040 g/mol. The molecular formula is C76H52N4O. The van der Waals surface area contributed by atoms with E-state index < -0.39 is 11.6 Å². The van der Waals surface area contributed by atoms with Crippen molar-refractivity contribution < 1.29 is 4.42 Å². The first-order valence-corrected chi connectivity index (χ1v) is 28.4. The van der Waals surface area contributed by atoms with Gasteiger partial charge in [-0.25, -0.2) is 9.98 Å². The highest BCUT2D eigenvalue weighted by Crippen LogP contribution is 2.64. The van der Waals surface area contributed by atoms with Crippen molar-refractivity contribution in [1.82, 2.24) is 9.88 Å². The lowest BCUT2D eigenvalue weighted by molar-refractivity contribution is 0.662. The SMILES string of the molecule is C1=CC(c2cc(-c3ccccc3)cc(-c3cccc(C4=NC(c5ccccc5)=NC(c5cccc6oc7ccc(-n8c9ccccc9c9ccc%10c(c98)-c8ccccc8C%108C9=C(CCC=C9)c9ccccc98)cc7c56)N4)c3)c2)=CCC1. The molecule has 1 N–H and O–H groups in total. The van der Waals surface area contributed by atoms with Gasteiger partial charge in [-0.05, 0) is 153 Å². The molecule has 2 aromatic heterocycles. The van der Waals surface area contributed by atoms with E-state index in [2.05, 4.69) is 259 Å². The Labute approximate surface area is 469 Å². The molecule has 81 heavy (non-hydrogen) atoms. The van der Waals surface area contributed by atoms with Gasteiger partial charge in [-0.15, -0.1) is 0 Å². The van der Waals surface area contributed by atoms with E-state index in [1.165, 1.54) is 83.1 Å². The summed E-state index contributed by atoms with van der Waals surface area (Å²) in [4.78, 5) is 10.8. The molecular weight excluding hydrogens is 985 g/mol. The van der Waals surface area contributed by atoms with Crippen LogP contribution in [0.1, 0.15) is 76.4 Å². The molecule has 0 radical (unpaired) electrons. The van der Waals surface area contributed by atoms with Crippen molar-refractivity contribution in [3.8, 4) is 39.1 Å². The lowest BCUT2D eigenvalue weighted by atomic mass is 9.69. The molecule has 12 aromatic rings. The van der Waals surface area contributed by atoms with Gasteiger partial charge in [0, 0.05) is 49.5 Å². The Bertz CT molecular complexity index is 4850. The first-order valence-electron chi connectivity index (χ1n) is 28.4. The molecule has 2 atom stereocenters. The second-order valence-corrected chi connectivity index (χ2v) is 22.1. The summed E-state index contributed by atoms with van der Waals surface area (Å²) >= 11 is 0. The normalized spacial score (nSPS) is 17.8. The van der Waals surface area contributed by atoms with Crippen LogP contribution < -0.4 is 5.32 Å². The third-order valence-electron chi connectivity index (χ3n) is 17.7. The summed E-state index contributed by atoms with van der Waals surface area (Å²) in [6, 6.07) is 82.1. The molecule has 4 aliphatic carbocycles. The third-order valence-corrected chi connectivity index (χ3v) is 17.7. The van der Waals surface area contributed by atoms with Gasteiger partial charge in [0.1, 0.15) is 23.2 Å². The summed E-state index contributed by atoms with van der Waals surface area (Å²) in [6.45, 7) is 0. The van der Waals surface area contributed by atoms with E-state index in [4.69, 9.17) is 14.4 Å². The average molecular weight is 1040 g/mol. The van der Waals surface area contributed by atoms with E-state index in [1.54, 1.807) is 0 Å². The molecule has 1 spiro atoms. The van der Waals surface area contributed by atoms with Crippen LogP contribution in [0.3, 0.4) is 0 Å². The maximum absolute atomic E-state index is 6.85. The maximum Gasteiger partial charge on any atom is 0.159 e. The molecule has 382 valence electrons. The van der Waals surface area contributed by atoms with Gasteiger partial charge >= 0.3 is 0 Å². The number of hydrogen-bond acceptors (Lipinski definition) is 4. The predicted octanol–water partition coefficient (Wildman–Crippen LogP) is 18.7. The van der Waals surface area contributed by atoms with Gasteiger partial charge in [0.05, 0.1) is 16.4 Å². The quantitative estimate of drug-likeness (QED) is 0.173. The molecule has 3 heterocycles. The Balaban J connectivity index is 0.826. The van der Waals surface area contributed by atoms with Crippen LogP contribution in [0.4, 0.5) is 0 Å². The van der Waals surface area contributed by atoms with Crippen molar-refractivity contribution in [3.05, 3.63) is 305 Å². The number of benzene rings is 10. The van der Waals surface area contributed by atoms with Gasteiger partial charge in [0.2, 0.25) is 0 Å². The van der Waals surface area contributed by atoms with E-state index in [1.807, 2.05) is 6.07 Å². The second-order valence-electron chi connectivity index (χ2n) is 22.1. The van der Waals surface area contributed by atoms with Gasteiger partial charge in [0.15, 0.2) is 5.84 Å². The minimum absolute atomic E-state index is 0.416. The molecule has 0 saturated heterocycles. The second kappa shape index (κ2) is 18.0. The van der Waals surface area contributed by atoms with Crippen molar-refractivity contribution in [2.24, 2.45) is 9.98 Å². The van der Waals surface area contributed by atoms with Crippen LogP contribution in [0.2, 0.25) is 0 Å². The molecule has 10 aromatic carbocycles. The summed E-state index contributed by atoms with van der Waals surface area (Å²) in [7, 11) is 0. The van der Waals surface area contributed by atoms with Gasteiger partial charge in [0.25, 0.3) is 0 Å². The minimum atomic E-state index is -0.492. The van der Waals surface area contributed by atoms with E-state index in [0.29, 0.717) is 5.84 Å². The zero-order valence-electron chi connectivity index (χ0n) is 44.4. The first kappa shape index (κ1) is 45.9. The Morgan fingerprint density at radius 2 is 1.20 bits per heavy atom. The molecule has 5 nitrogen and oxygen atoms in total. The summed E-state index contributed by atoms with van der Waals surface area (Å²) in [6.07, 6.45) is 15.5. The van der Waals surface area contributed by atoms with Gasteiger partial charge in [-0.2, -0.15) is 0 Å². The summed E-state index contributed by atoms with van der Waals surface area (Å²) in [5.74, 6) is 1.43. The average Bonchev–Trinajstić information content (AvgIpc) is 4.39. The molecule has 0 bridgehead atoms. The van der Waals surface area contributed by atoms with Gasteiger partial charge in [-0.3, -0.25) is 0 Å². The predicted molar refractivity (Wildman–Crippen MR) is 334 cm³/mol. The molecule has 17 rings (SSSR count). The van der Waals surface area contributed by atoms with Crippen LogP contribution in [0.5, 0.6) is 0 Å². The molecule has 0 fully saturated rings. The Kier molecular flexibility index (Phi) is 10.2. The van der Waals surface area contributed by atoms with Crippen LogP contribution in [0.25, 0.3) is 94.0 Å². The van der Waals surface area contributed by atoms with Crippen molar-refractivity contribution in [1.29, 1.82) is 0 Å². The Morgan fingerprint density at radius 3 is 2.05 bits per heavy atom. The third kappa shape index (κ3) is 6.91. The number of para-hydroxylation sites is 1. The highest BCUT2D eigenvalue weighted by molar-refractivity contribution is 6.18. The van der Waals surface area contributed by atoms with E-state index in [9.17, 15) is 0 Å². The Morgan fingerprint density at radius 1 is 0.494 bits per heavy atom. The topological polar surface area (TPSA) is 54.8 Å². The molecule has 1 aliphatic heterocycles. The molecule has 2 unspecified atom stereocenters. The highest BCUT2D eigenvalue weighted by atomic mass is 16.3.